The number of fused-ring (bicyclic) bond motifs is 6. The van der Waals surface area contributed by atoms with Crippen molar-refractivity contribution in [1.29, 1.82) is 0 Å². The summed E-state index contributed by atoms with van der Waals surface area (Å²) >= 11 is 0. The van der Waals surface area contributed by atoms with Gasteiger partial charge in [-0.25, -0.2) is 0 Å². The second-order valence-corrected chi connectivity index (χ2v) is 11.0. The van der Waals surface area contributed by atoms with Crippen LogP contribution >= 0.6 is 0 Å². The Bertz CT molecular complexity index is 858. The Morgan fingerprint density at radius 3 is 2.70 bits per heavy atom. The number of allylic oxidation sites excluding steroid dienone is 1. The zero-order valence-corrected chi connectivity index (χ0v) is 16.3. The molecule has 0 N–H and O–H groups in total. The maximum atomic E-state index is 12.2. The summed E-state index contributed by atoms with van der Waals surface area (Å²) in [6.45, 7) is 4.81. The van der Waals surface area contributed by atoms with E-state index in [1.165, 1.54) is 18.4 Å². The minimum absolute atomic E-state index is 0.00104. The predicted molar refractivity (Wildman–Crippen MR) is 96.7 cm³/mol. The van der Waals surface area contributed by atoms with Gasteiger partial charge >= 0.3 is 5.97 Å². The van der Waals surface area contributed by atoms with Crippen molar-refractivity contribution in [3.05, 3.63) is 11.1 Å². The van der Waals surface area contributed by atoms with Gasteiger partial charge in [0.25, 0.3) is 0 Å². The number of Topliss-reactive ketones (excluding diaryl/α,β-unsaturated/α-hetero) is 1. The first-order valence-corrected chi connectivity index (χ1v) is 11.0. The highest BCUT2D eigenvalue weighted by Gasteiger charge is 2.84. The fraction of sp³-hybridized carbons (Fsp3) is 0.826. The quantitative estimate of drug-likeness (QED) is 0.371. The number of rotatable bonds is 0. The van der Waals surface area contributed by atoms with Crippen molar-refractivity contribution in [3.8, 4) is 0 Å². The van der Waals surface area contributed by atoms with Crippen LogP contribution in [-0.2, 0) is 19.1 Å². The van der Waals surface area contributed by atoms with Gasteiger partial charge in [-0.2, -0.15) is 0 Å². The molecule has 7 aliphatic rings. The normalized spacial score (nSPS) is 59.6. The molecule has 4 heteroatoms. The summed E-state index contributed by atoms with van der Waals surface area (Å²) in [6, 6.07) is 0. The van der Waals surface area contributed by atoms with Crippen LogP contribution in [0.3, 0.4) is 0 Å². The second kappa shape index (κ2) is 4.22. The van der Waals surface area contributed by atoms with E-state index in [4.69, 9.17) is 9.47 Å². The number of ketones is 1. The first kappa shape index (κ1) is 15.7. The minimum atomic E-state index is -0.241. The van der Waals surface area contributed by atoms with E-state index in [0.717, 1.165) is 25.7 Å². The Morgan fingerprint density at radius 2 is 1.93 bits per heavy atom. The fourth-order valence-corrected chi connectivity index (χ4v) is 9.04. The molecule has 144 valence electrons. The third kappa shape index (κ3) is 1.47. The van der Waals surface area contributed by atoms with Gasteiger partial charge in [0.15, 0.2) is 0 Å². The van der Waals surface area contributed by atoms with Gasteiger partial charge in [-0.15, -0.1) is 0 Å². The van der Waals surface area contributed by atoms with Crippen LogP contribution in [0.2, 0.25) is 0 Å². The summed E-state index contributed by atoms with van der Waals surface area (Å²) in [7, 11) is 0. The zero-order valence-electron chi connectivity index (χ0n) is 16.3. The van der Waals surface area contributed by atoms with Gasteiger partial charge in [0.05, 0.1) is 6.10 Å². The highest BCUT2D eigenvalue weighted by molar-refractivity contribution is 5.84. The van der Waals surface area contributed by atoms with E-state index in [0.29, 0.717) is 42.8 Å². The summed E-state index contributed by atoms with van der Waals surface area (Å²) in [5.74, 6) is 2.20. The average Bonchev–Trinajstić information content (AvgIpc) is 3.49. The van der Waals surface area contributed by atoms with Gasteiger partial charge in [-0.05, 0) is 50.4 Å². The fourth-order valence-electron chi connectivity index (χ4n) is 9.04. The third-order valence-corrected chi connectivity index (χ3v) is 10.4. The molecule has 6 fully saturated rings. The summed E-state index contributed by atoms with van der Waals surface area (Å²) in [5, 5.41) is 0. The van der Waals surface area contributed by atoms with Crippen LogP contribution in [0.5, 0.6) is 0 Å². The number of carbonyl (C=O) groups excluding carboxylic acids is 2. The molecule has 0 amide bonds. The third-order valence-electron chi connectivity index (χ3n) is 10.4. The van der Waals surface area contributed by atoms with Gasteiger partial charge < -0.3 is 9.47 Å². The predicted octanol–water partition coefficient (Wildman–Crippen LogP) is 3.73. The van der Waals surface area contributed by atoms with E-state index in [2.05, 4.69) is 13.8 Å². The highest BCUT2D eigenvalue weighted by Crippen LogP contribution is 2.81. The molecule has 2 spiro atoms. The van der Waals surface area contributed by atoms with Crippen LogP contribution in [0.1, 0.15) is 71.6 Å². The first-order valence-electron chi connectivity index (χ1n) is 11.0. The molecule has 5 aliphatic carbocycles. The standard InChI is InChI=1S/C23H28O4/c1-20-6-3-12(24)9-16(20)13-10-14(13)19-15-4-7-22(8-5-18(25)27-22)21(15,2)11-17-23(19,20)26-17/h14-15,17,19H,3-11H2,1-2H3/t14?,15?,17?,19?,20?,21?,22?,23-/m1/s1. The van der Waals surface area contributed by atoms with E-state index >= 15 is 0 Å². The van der Waals surface area contributed by atoms with E-state index in [1.54, 1.807) is 5.57 Å². The van der Waals surface area contributed by atoms with E-state index in [9.17, 15) is 9.59 Å². The van der Waals surface area contributed by atoms with Gasteiger partial charge in [0.2, 0.25) is 0 Å². The molecule has 0 aromatic carbocycles. The first-order chi connectivity index (χ1) is 12.8. The lowest BCUT2D eigenvalue weighted by atomic mass is 9.46. The summed E-state index contributed by atoms with van der Waals surface area (Å²) in [4.78, 5) is 24.3. The summed E-state index contributed by atoms with van der Waals surface area (Å²) < 4.78 is 12.8. The molecule has 0 aromatic rings. The smallest absolute Gasteiger partial charge is 0.306 e. The second-order valence-electron chi connectivity index (χ2n) is 11.0. The molecular formula is C23H28O4. The number of carbonyl (C=O) groups is 2. The van der Waals surface area contributed by atoms with E-state index in [-0.39, 0.29) is 34.1 Å². The molecule has 0 aromatic heterocycles. The number of ether oxygens (including phenoxy) is 2. The number of epoxide rings is 1. The Hall–Kier alpha value is -1.16. The maximum Gasteiger partial charge on any atom is 0.306 e. The molecule has 2 heterocycles. The Balaban J connectivity index is 1.36. The maximum absolute atomic E-state index is 12.2. The molecule has 4 nitrogen and oxygen atoms in total. The van der Waals surface area contributed by atoms with Gasteiger partial charge in [0.1, 0.15) is 17.0 Å². The largest absolute Gasteiger partial charge is 0.458 e. The molecular weight excluding hydrogens is 340 g/mol. The Morgan fingerprint density at radius 1 is 1.07 bits per heavy atom. The van der Waals surface area contributed by atoms with Crippen molar-refractivity contribution in [1.82, 2.24) is 0 Å². The summed E-state index contributed by atoms with van der Waals surface area (Å²) in [6.07, 6.45) is 8.54. The average molecular weight is 368 g/mol. The van der Waals surface area contributed by atoms with Crippen LogP contribution in [0.25, 0.3) is 0 Å². The van der Waals surface area contributed by atoms with Crippen LogP contribution in [0.4, 0.5) is 0 Å². The van der Waals surface area contributed by atoms with Gasteiger partial charge in [0, 0.05) is 36.0 Å². The molecule has 2 aliphatic heterocycles. The molecule has 7 rings (SSSR count). The lowest BCUT2D eigenvalue weighted by Gasteiger charge is -2.56. The van der Waals surface area contributed by atoms with Crippen LogP contribution < -0.4 is 0 Å². The van der Waals surface area contributed by atoms with Crippen molar-refractivity contribution in [3.63, 3.8) is 0 Å². The topological polar surface area (TPSA) is 55.9 Å². The monoisotopic (exact) mass is 368 g/mol. The number of esters is 1. The lowest BCUT2D eigenvalue weighted by molar-refractivity contribution is -0.164. The van der Waals surface area contributed by atoms with Crippen molar-refractivity contribution >= 4 is 11.8 Å². The van der Waals surface area contributed by atoms with Crippen LogP contribution in [0, 0.1) is 28.6 Å². The van der Waals surface area contributed by atoms with E-state index in [1.807, 2.05) is 0 Å². The van der Waals surface area contributed by atoms with Crippen molar-refractivity contribution in [2.24, 2.45) is 28.6 Å². The van der Waals surface area contributed by atoms with Crippen molar-refractivity contribution in [2.75, 3.05) is 0 Å². The van der Waals surface area contributed by atoms with Crippen LogP contribution in [-0.4, -0.2) is 29.1 Å². The molecule has 27 heavy (non-hydrogen) atoms. The zero-order chi connectivity index (χ0) is 18.4. The van der Waals surface area contributed by atoms with Gasteiger partial charge in [-0.1, -0.05) is 25.0 Å². The summed E-state index contributed by atoms with van der Waals surface area (Å²) in [5.41, 5.74) is 2.90. The van der Waals surface area contributed by atoms with Crippen molar-refractivity contribution in [2.45, 2.75) is 88.9 Å². The molecule has 4 saturated carbocycles. The molecule has 8 atom stereocenters. The van der Waals surface area contributed by atoms with Gasteiger partial charge in [-0.3, -0.25) is 9.59 Å². The van der Waals surface area contributed by atoms with Crippen LogP contribution in [0.15, 0.2) is 11.1 Å². The number of hydrogen-bond donors (Lipinski definition) is 0. The molecule has 0 radical (unpaired) electrons. The lowest BCUT2D eigenvalue weighted by Crippen LogP contribution is -2.60. The SMILES string of the molecule is CC12CC3O[C@@]34C(C3CC3=C3CC(=O)CCC34C)C1CCC21CCC(=O)O1. The highest BCUT2D eigenvalue weighted by atomic mass is 16.6. The minimum Gasteiger partial charge on any atom is -0.458 e. The molecule has 2 saturated heterocycles. The Kier molecular flexibility index (Phi) is 2.46. The Labute approximate surface area is 160 Å². The molecule has 7 unspecified atom stereocenters. The number of hydrogen-bond acceptors (Lipinski definition) is 4. The van der Waals surface area contributed by atoms with Crippen molar-refractivity contribution < 1.29 is 19.1 Å². The molecule has 0 bridgehead atoms. The van der Waals surface area contributed by atoms with E-state index < -0.39 is 0 Å².